The van der Waals surface area contributed by atoms with Crippen molar-refractivity contribution in [3.8, 4) is 5.69 Å². The van der Waals surface area contributed by atoms with E-state index in [0.29, 0.717) is 0 Å². The molecule has 0 spiro atoms. The Kier molecular flexibility index (Phi) is 4.03. The molecular weight excluding hydrogens is 250 g/mol. The minimum Gasteiger partial charge on any atom is -0.318 e. The fourth-order valence-corrected chi connectivity index (χ4v) is 2.28. The molecular formula is C16H19N3O. The molecule has 104 valence electrons. The summed E-state index contributed by atoms with van der Waals surface area (Å²) in [6, 6.07) is 10.4. The SMILES string of the molecule is CC(=O)N/N=C\c1cc(C)n(-c2cccc(C)c2)c1C. The van der Waals surface area contributed by atoms with Crippen LogP contribution in [0.3, 0.4) is 0 Å². The van der Waals surface area contributed by atoms with Crippen LogP contribution in [0.1, 0.15) is 29.4 Å². The van der Waals surface area contributed by atoms with E-state index in [1.54, 1.807) is 6.21 Å². The van der Waals surface area contributed by atoms with Gasteiger partial charge in [0.1, 0.15) is 0 Å². The van der Waals surface area contributed by atoms with Crippen molar-refractivity contribution in [2.24, 2.45) is 5.10 Å². The van der Waals surface area contributed by atoms with Crippen LogP contribution in [0.15, 0.2) is 35.4 Å². The summed E-state index contributed by atoms with van der Waals surface area (Å²) in [6.45, 7) is 7.62. The number of aryl methyl sites for hydroxylation is 2. The Morgan fingerprint density at radius 1 is 1.25 bits per heavy atom. The summed E-state index contributed by atoms with van der Waals surface area (Å²) in [5.74, 6) is -0.172. The molecule has 1 aromatic heterocycles. The minimum atomic E-state index is -0.172. The largest absolute Gasteiger partial charge is 0.318 e. The van der Waals surface area contributed by atoms with E-state index in [2.05, 4.69) is 59.3 Å². The number of hydrogen-bond donors (Lipinski definition) is 1. The monoisotopic (exact) mass is 269 g/mol. The van der Waals surface area contributed by atoms with Crippen LogP contribution in [0.2, 0.25) is 0 Å². The topological polar surface area (TPSA) is 46.4 Å². The molecule has 0 aliphatic rings. The summed E-state index contributed by atoms with van der Waals surface area (Å²) in [7, 11) is 0. The summed E-state index contributed by atoms with van der Waals surface area (Å²) in [5, 5.41) is 3.93. The van der Waals surface area contributed by atoms with Gasteiger partial charge in [-0.1, -0.05) is 12.1 Å². The van der Waals surface area contributed by atoms with E-state index in [9.17, 15) is 4.79 Å². The van der Waals surface area contributed by atoms with Crippen molar-refractivity contribution in [2.45, 2.75) is 27.7 Å². The van der Waals surface area contributed by atoms with Gasteiger partial charge in [-0.05, 0) is 44.5 Å². The molecule has 0 aliphatic heterocycles. The maximum atomic E-state index is 10.8. The highest BCUT2D eigenvalue weighted by atomic mass is 16.2. The molecule has 0 unspecified atom stereocenters. The van der Waals surface area contributed by atoms with Gasteiger partial charge in [-0.3, -0.25) is 4.79 Å². The number of amides is 1. The normalized spacial score (nSPS) is 11.0. The van der Waals surface area contributed by atoms with Crippen LogP contribution in [-0.2, 0) is 4.79 Å². The molecule has 4 nitrogen and oxygen atoms in total. The van der Waals surface area contributed by atoms with Crippen molar-refractivity contribution in [2.75, 3.05) is 0 Å². The highest BCUT2D eigenvalue weighted by Gasteiger charge is 2.09. The number of aromatic nitrogens is 1. The smallest absolute Gasteiger partial charge is 0.236 e. The van der Waals surface area contributed by atoms with Crippen molar-refractivity contribution in [3.05, 3.63) is 52.8 Å². The molecule has 20 heavy (non-hydrogen) atoms. The van der Waals surface area contributed by atoms with Gasteiger partial charge in [-0.15, -0.1) is 0 Å². The third-order valence-corrected chi connectivity index (χ3v) is 3.16. The number of nitrogens with one attached hydrogen (secondary N) is 1. The lowest BCUT2D eigenvalue weighted by molar-refractivity contribution is -0.118. The standard InChI is InChI=1S/C16H19N3O/c1-11-6-5-7-16(8-11)19-12(2)9-15(13(19)3)10-17-18-14(4)20/h5-10H,1-4H3,(H,18,20)/b17-10-. The molecule has 1 amide bonds. The van der Waals surface area contributed by atoms with E-state index < -0.39 is 0 Å². The lowest BCUT2D eigenvalue weighted by atomic mass is 10.2. The van der Waals surface area contributed by atoms with Gasteiger partial charge in [0.05, 0.1) is 6.21 Å². The summed E-state index contributed by atoms with van der Waals surface area (Å²) >= 11 is 0. The van der Waals surface area contributed by atoms with E-state index in [1.807, 2.05) is 6.92 Å². The molecule has 1 heterocycles. The number of carbonyl (C=O) groups is 1. The van der Waals surface area contributed by atoms with Gasteiger partial charge in [0, 0.05) is 29.6 Å². The molecule has 0 fully saturated rings. The predicted octanol–water partition coefficient (Wildman–Crippen LogP) is 2.87. The number of hydrazone groups is 1. The lowest BCUT2D eigenvalue weighted by Gasteiger charge is -2.10. The molecule has 0 atom stereocenters. The van der Waals surface area contributed by atoms with Crippen molar-refractivity contribution < 1.29 is 4.79 Å². The second kappa shape index (κ2) is 5.74. The second-order valence-electron chi connectivity index (χ2n) is 4.93. The zero-order valence-corrected chi connectivity index (χ0v) is 12.3. The van der Waals surface area contributed by atoms with Gasteiger partial charge < -0.3 is 4.57 Å². The van der Waals surface area contributed by atoms with Gasteiger partial charge in [0.2, 0.25) is 5.91 Å². The Morgan fingerprint density at radius 2 is 2.00 bits per heavy atom. The summed E-state index contributed by atoms with van der Waals surface area (Å²) in [6.07, 6.45) is 1.68. The van der Waals surface area contributed by atoms with Gasteiger partial charge in [0.15, 0.2) is 0 Å². The average Bonchev–Trinajstić information content (AvgIpc) is 2.64. The second-order valence-corrected chi connectivity index (χ2v) is 4.93. The zero-order chi connectivity index (χ0) is 14.7. The Bertz CT molecular complexity index is 668. The quantitative estimate of drug-likeness (QED) is 0.676. The highest BCUT2D eigenvalue weighted by Crippen LogP contribution is 2.20. The zero-order valence-electron chi connectivity index (χ0n) is 12.3. The number of benzene rings is 1. The molecule has 0 aliphatic carbocycles. The van der Waals surface area contributed by atoms with E-state index in [1.165, 1.54) is 12.5 Å². The van der Waals surface area contributed by atoms with Crippen LogP contribution >= 0.6 is 0 Å². The van der Waals surface area contributed by atoms with Crippen LogP contribution in [0.25, 0.3) is 5.69 Å². The minimum absolute atomic E-state index is 0.172. The summed E-state index contributed by atoms with van der Waals surface area (Å²) < 4.78 is 2.18. The summed E-state index contributed by atoms with van der Waals surface area (Å²) in [4.78, 5) is 10.8. The molecule has 2 aromatic rings. The fraction of sp³-hybridized carbons (Fsp3) is 0.250. The Labute approximate surface area is 119 Å². The van der Waals surface area contributed by atoms with E-state index in [0.717, 1.165) is 22.6 Å². The van der Waals surface area contributed by atoms with E-state index >= 15 is 0 Å². The first-order valence-corrected chi connectivity index (χ1v) is 6.54. The fourth-order valence-electron chi connectivity index (χ4n) is 2.28. The molecule has 1 N–H and O–H groups in total. The molecule has 0 radical (unpaired) electrons. The van der Waals surface area contributed by atoms with Crippen LogP contribution < -0.4 is 5.43 Å². The predicted molar refractivity (Wildman–Crippen MR) is 81.4 cm³/mol. The van der Waals surface area contributed by atoms with E-state index in [-0.39, 0.29) is 5.91 Å². The Morgan fingerprint density at radius 3 is 2.65 bits per heavy atom. The van der Waals surface area contributed by atoms with Gasteiger partial charge in [0.25, 0.3) is 0 Å². The van der Waals surface area contributed by atoms with Gasteiger partial charge in [-0.25, -0.2) is 5.43 Å². The molecule has 4 heteroatoms. The molecule has 0 saturated heterocycles. The number of nitrogens with zero attached hydrogens (tertiary/aromatic N) is 2. The van der Waals surface area contributed by atoms with Crippen molar-refractivity contribution in [1.82, 2.24) is 9.99 Å². The first-order chi connectivity index (χ1) is 9.49. The van der Waals surface area contributed by atoms with E-state index in [4.69, 9.17) is 0 Å². The van der Waals surface area contributed by atoms with Crippen LogP contribution in [0.4, 0.5) is 0 Å². The third-order valence-electron chi connectivity index (χ3n) is 3.16. The maximum absolute atomic E-state index is 10.8. The number of hydrogen-bond acceptors (Lipinski definition) is 2. The van der Waals surface area contributed by atoms with Crippen LogP contribution in [0.5, 0.6) is 0 Å². The average molecular weight is 269 g/mol. The lowest BCUT2D eigenvalue weighted by Crippen LogP contribution is -2.12. The first kappa shape index (κ1) is 14.1. The Hall–Kier alpha value is -2.36. The molecule has 1 aromatic carbocycles. The van der Waals surface area contributed by atoms with Crippen molar-refractivity contribution in [1.29, 1.82) is 0 Å². The summed E-state index contributed by atoms with van der Waals surface area (Å²) in [5.41, 5.74) is 8.02. The van der Waals surface area contributed by atoms with Crippen molar-refractivity contribution >= 4 is 12.1 Å². The molecule has 2 rings (SSSR count). The molecule has 0 bridgehead atoms. The first-order valence-electron chi connectivity index (χ1n) is 6.54. The Balaban J connectivity index is 2.39. The molecule has 0 saturated carbocycles. The van der Waals surface area contributed by atoms with Crippen LogP contribution in [0, 0.1) is 20.8 Å². The number of rotatable bonds is 3. The van der Waals surface area contributed by atoms with Gasteiger partial charge in [-0.2, -0.15) is 5.10 Å². The van der Waals surface area contributed by atoms with Crippen LogP contribution in [-0.4, -0.2) is 16.7 Å². The maximum Gasteiger partial charge on any atom is 0.236 e. The van der Waals surface area contributed by atoms with Gasteiger partial charge >= 0.3 is 0 Å². The number of carbonyl (C=O) groups excluding carboxylic acids is 1. The van der Waals surface area contributed by atoms with Crippen molar-refractivity contribution in [3.63, 3.8) is 0 Å². The highest BCUT2D eigenvalue weighted by molar-refractivity contribution is 5.83. The third kappa shape index (κ3) is 2.96.